The van der Waals surface area contributed by atoms with Crippen molar-refractivity contribution >= 4 is 39.1 Å². The van der Waals surface area contributed by atoms with Gasteiger partial charge < -0.3 is 10.6 Å². The van der Waals surface area contributed by atoms with Gasteiger partial charge in [-0.1, -0.05) is 27.5 Å². The molecule has 1 amide bonds. The van der Waals surface area contributed by atoms with Gasteiger partial charge in [-0.05, 0) is 25.1 Å². The van der Waals surface area contributed by atoms with E-state index in [0.717, 1.165) is 30.7 Å². The lowest BCUT2D eigenvalue weighted by atomic mass is 10.2. The molecule has 1 aliphatic rings. The molecule has 19 heavy (non-hydrogen) atoms. The Bertz CT molecular complexity index is 463. The minimum absolute atomic E-state index is 0.0221. The summed E-state index contributed by atoms with van der Waals surface area (Å²) in [6.07, 6.45) is 0. The Labute approximate surface area is 126 Å². The van der Waals surface area contributed by atoms with Gasteiger partial charge in [-0.25, -0.2) is 0 Å². The van der Waals surface area contributed by atoms with E-state index in [0.29, 0.717) is 10.7 Å². The van der Waals surface area contributed by atoms with Crippen LogP contribution in [0.15, 0.2) is 22.7 Å². The van der Waals surface area contributed by atoms with Crippen LogP contribution in [0.3, 0.4) is 0 Å². The second kappa shape index (κ2) is 6.70. The summed E-state index contributed by atoms with van der Waals surface area (Å²) in [6.45, 7) is 5.56. The highest BCUT2D eigenvalue weighted by molar-refractivity contribution is 9.10. The van der Waals surface area contributed by atoms with Gasteiger partial charge in [0.25, 0.3) is 0 Å². The fourth-order valence-electron chi connectivity index (χ4n) is 2.06. The fourth-order valence-corrected chi connectivity index (χ4v) is 2.78. The Morgan fingerprint density at radius 1 is 1.47 bits per heavy atom. The van der Waals surface area contributed by atoms with E-state index in [1.54, 1.807) is 12.1 Å². The third-order valence-corrected chi connectivity index (χ3v) is 4.07. The van der Waals surface area contributed by atoms with Crippen LogP contribution in [0.25, 0.3) is 0 Å². The Hall–Kier alpha value is -0.620. The molecule has 0 bridgehead atoms. The lowest BCUT2D eigenvalue weighted by Crippen LogP contribution is -2.51. The van der Waals surface area contributed by atoms with Gasteiger partial charge >= 0.3 is 0 Å². The van der Waals surface area contributed by atoms with Crippen molar-refractivity contribution in [3.8, 4) is 0 Å². The molecule has 0 aromatic heterocycles. The zero-order chi connectivity index (χ0) is 13.8. The number of anilines is 1. The predicted molar refractivity (Wildman–Crippen MR) is 81.7 cm³/mol. The number of nitrogens with zero attached hydrogens (tertiary/aromatic N) is 1. The molecule has 1 unspecified atom stereocenters. The summed E-state index contributed by atoms with van der Waals surface area (Å²) in [5.74, 6) is -0.0221. The molecule has 1 saturated heterocycles. The fraction of sp³-hybridized carbons (Fsp3) is 0.462. The minimum Gasteiger partial charge on any atom is -0.323 e. The molecule has 2 rings (SSSR count). The zero-order valence-corrected chi connectivity index (χ0v) is 13.1. The number of amides is 1. The van der Waals surface area contributed by atoms with Gasteiger partial charge in [-0.2, -0.15) is 0 Å². The van der Waals surface area contributed by atoms with E-state index in [9.17, 15) is 4.79 Å². The highest BCUT2D eigenvalue weighted by Crippen LogP contribution is 2.25. The van der Waals surface area contributed by atoms with Crippen molar-refractivity contribution in [2.75, 3.05) is 31.5 Å². The van der Waals surface area contributed by atoms with E-state index in [4.69, 9.17) is 11.6 Å². The normalized spacial score (nSPS) is 18.1. The predicted octanol–water partition coefficient (Wildman–Crippen LogP) is 2.33. The van der Waals surface area contributed by atoms with Crippen molar-refractivity contribution in [2.45, 2.75) is 13.0 Å². The Morgan fingerprint density at radius 2 is 2.16 bits per heavy atom. The monoisotopic (exact) mass is 345 g/mol. The lowest BCUT2D eigenvalue weighted by molar-refractivity contribution is -0.120. The highest BCUT2D eigenvalue weighted by Gasteiger charge is 2.23. The van der Waals surface area contributed by atoms with Crippen LogP contribution in [0, 0.1) is 0 Å². The number of piperazine rings is 1. The largest absolute Gasteiger partial charge is 0.323 e. The second-order valence-corrected chi connectivity index (χ2v) is 5.90. The van der Waals surface area contributed by atoms with E-state index in [1.165, 1.54) is 0 Å². The van der Waals surface area contributed by atoms with Crippen LogP contribution in [0.4, 0.5) is 5.69 Å². The SMILES string of the molecule is CC(C(=O)Nc1ccc(Br)cc1Cl)N1CCNCC1. The summed E-state index contributed by atoms with van der Waals surface area (Å²) in [6, 6.07) is 5.28. The van der Waals surface area contributed by atoms with Gasteiger partial charge in [-0.15, -0.1) is 0 Å². The van der Waals surface area contributed by atoms with E-state index >= 15 is 0 Å². The standard InChI is InChI=1S/C13H17BrClN3O/c1-9(18-6-4-16-5-7-18)13(19)17-12-3-2-10(14)8-11(12)15/h2-3,8-9,16H,4-7H2,1H3,(H,17,19). The first-order chi connectivity index (χ1) is 9.08. The number of nitrogens with one attached hydrogen (secondary N) is 2. The molecule has 1 heterocycles. The first kappa shape index (κ1) is 14.8. The Balaban J connectivity index is 1.99. The van der Waals surface area contributed by atoms with E-state index in [2.05, 4.69) is 31.5 Å². The van der Waals surface area contributed by atoms with Gasteiger partial charge in [0.15, 0.2) is 0 Å². The summed E-state index contributed by atoms with van der Waals surface area (Å²) in [4.78, 5) is 14.4. The van der Waals surface area contributed by atoms with Crippen LogP contribution >= 0.6 is 27.5 Å². The number of rotatable bonds is 3. The lowest BCUT2D eigenvalue weighted by Gasteiger charge is -2.31. The molecule has 1 aromatic carbocycles. The van der Waals surface area contributed by atoms with Crippen molar-refractivity contribution in [1.29, 1.82) is 0 Å². The number of hydrogen-bond donors (Lipinski definition) is 2. The maximum Gasteiger partial charge on any atom is 0.241 e. The Kier molecular flexibility index (Phi) is 5.21. The highest BCUT2D eigenvalue weighted by atomic mass is 79.9. The molecule has 0 spiro atoms. The maximum atomic E-state index is 12.2. The van der Waals surface area contributed by atoms with Gasteiger partial charge in [0, 0.05) is 30.7 Å². The molecule has 0 saturated carbocycles. The van der Waals surface area contributed by atoms with E-state index in [1.807, 2.05) is 13.0 Å². The summed E-state index contributed by atoms with van der Waals surface area (Å²) < 4.78 is 0.894. The second-order valence-electron chi connectivity index (χ2n) is 4.58. The number of benzene rings is 1. The molecule has 104 valence electrons. The number of hydrogen-bond acceptors (Lipinski definition) is 3. The molecule has 4 nitrogen and oxygen atoms in total. The van der Waals surface area contributed by atoms with Gasteiger partial charge in [0.1, 0.15) is 0 Å². The zero-order valence-electron chi connectivity index (χ0n) is 10.7. The first-order valence-corrected chi connectivity index (χ1v) is 7.45. The molecule has 1 atom stereocenters. The number of carbonyl (C=O) groups is 1. The summed E-state index contributed by atoms with van der Waals surface area (Å²) in [5, 5.41) is 6.69. The molecule has 0 aliphatic carbocycles. The number of carbonyl (C=O) groups excluding carboxylic acids is 1. The summed E-state index contributed by atoms with van der Waals surface area (Å²) in [5.41, 5.74) is 0.650. The third-order valence-electron chi connectivity index (χ3n) is 3.27. The first-order valence-electron chi connectivity index (χ1n) is 6.28. The smallest absolute Gasteiger partial charge is 0.241 e. The minimum atomic E-state index is -0.151. The summed E-state index contributed by atoms with van der Waals surface area (Å²) in [7, 11) is 0. The molecular formula is C13H17BrClN3O. The van der Waals surface area contributed by atoms with Crippen molar-refractivity contribution in [3.63, 3.8) is 0 Å². The third kappa shape index (κ3) is 3.92. The van der Waals surface area contributed by atoms with Gasteiger partial charge in [0.2, 0.25) is 5.91 Å². The van der Waals surface area contributed by atoms with Crippen molar-refractivity contribution in [2.24, 2.45) is 0 Å². The van der Waals surface area contributed by atoms with Crippen LogP contribution in [-0.4, -0.2) is 43.0 Å². The Morgan fingerprint density at radius 3 is 2.79 bits per heavy atom. The van der Waals surface area contributed by atoms with Gasteiger partial charge in [0.05, 0.1) is 16.8 Å². The molecule has 6 heteroatoms. The topological polar surface area (TPSA) is 44.4 Å². The van der Waals surface area contributed by atoms with Crippen LogP contribution in [-0.2, 0) is 4.79 Å². The van der Waals surface area contributed by atoms with Crippen LogP contribution in [0.2, 0.25) is 5.02 Å². The average Bonchev–Trinajstić information content (AvgIpc) is 2.42. The molecule has 2 N–H and O–H groups in total. The maximum absolute atomic E-state index is 12.2. The van der Waals surface area contributed by atoms with Crippen molar-refractivity contribution < 1.29 is 4.79 Å². The average molecular weight is 347 g/mol. The molecule has 1 aromatic rings. The molecular weight excluding hydrogens is 330 g/mol. The van der Waals surface area contributed by atoms with Crippen LogP contribution < -0.4 is 10.6 Å². The van der Waals surface area contributed by atoms with E-state index < -0.39 is 0 Å². The number of halogens is 2. The van der Waals surface area contributed by atoms with Crippen molar-refractivity contribution in [3.05, 3.63) is 27.7 Å². The quantitative estimate of drug-likeness (QED) is 0.883. The summed E-state index contributed by atoms with van der Waals surface area (Å²) >= 11 is 9.44. The van der Waals surface area contributed by atoms with Crippen LogP contribution in [0.1, 0.15) is 6.92 Å². The van der Waals surface area contributed by atoms with Gasteiger partial charge in [-0.3, -0.25) is 9.69 Å². The van der Waals surface area contributed by atoms with Crippen LogP contribution in [0.5, 0.6) is 0 Å². The molecule has 0 radical (unpaired) electrons. The van der Waals surface area contributed by atoms with E-state index in [-0.39, 0.29) is 11.9 Å². The van der Waals surface area contributed by atoms with Crippen molar-refractivity contribution in [1.82, 2.24) is 10.2 Å². The molecule has 1 aliphatic heterocycles. The molecule has 1 fully saturated rings.